The first-order valence-corrected chi connectivity index (χ1v) is 11.2. The molecule has 0 amide bonds. The summed E-state index contributed by atoms with van der Waals surface area (Å²) in [7, 11) is 0. The van der Waals surface area contributed by atoms with Crippen LogP contribution in [0.2, 0.25) is 0 Å². The summed E-state index contributed by atoms with van der Waals surface area (Å²) < 4.78 is 16.5. The number of aliphatic hydroxyl groups excluding tert-OH is 7. The second-order valence-electron chi connectivity index (χ2n) is 8.70. The van der Waals surface area contributed by atoms with E-state index in [1.54, 1.807) is 0 Å². The Bertz CT molecular complexity index is 662. The molecule has 3 rings (SSSR count). The molecule has 0 aromatic heterocycles. The van der Waals surface area contributed by atoms with Crippen LogP contribution < -0.4 is 0 Å². The van der Waals surface area contributed by atoms with E-state index in [0.29, 0.717) is 13.2 Å². The predicted molar refractivity (Wildman–Crippen MR) is 117 cm³/mol. The van der Waals surface area contributed by atoms with Gasteiger partial charge in [-0.3, -0.25) is 0 Å². The first kappa shape index (κ1) is 28.1. The largest absolute Gasteiger partial charge is 0.394 e. The third-order valence-electron chi connectivity index (χ3n) is 6.37. The van der Waals surface area contributed by atoms with E-state index >= 15 is 0 Å². The Kier molecular flexibility index (Phi) is 11.6. The molecule has 7 N–H and O–H groups in total. The molecule has 190 valence electrons. The van der Waals surface area contributed by atoms with Gasteiger partial charge in [0, 0.05) is 0 Å². The number of ether oxygens (including phenoxy) is 3. The zero-order valence-electron chi connectivity index (χ0n) is 19.1. The van der Waals surface area contributed by atoms with Gasteiger partial charge in [-0.25, -0.2) is 0 Å². The van der Waals surface area contributed by atoms with Crippen molar-refractivity contribution in [3.63, 3.8) is 0 Å². The summed E-state index contributed by atoms with van der Waals surface area (Å²) in [6, 6.07) is 10.1. The quantitative estimate of drug-likeness (QED) is 0.245. The first-order valence-electron chi connectivity index (χ1n) is 11.2. The number of hydrogen-bond acceptors (Lipinski definition) is 10. The van der Waals surface area contributed by atoms with Crippen LogP contribution in [0.4, 0.5) is 0 Å². The van der Waals surface area contributed by atoms with Crippen molar-refractivity contribution in [3.8, 4) is 0 Å². The van der Waals surface area contributed by atoms with Crippen LogP contribution in [-0.2, 0) is 20.8 Å². The molecule has 0 saturated carbocycles. The van der Waals surface area contributed by atoms with Crippen molar-refractivity contribution >= 4 is 0 Å². The fourth-order valence-corrected chi connectivity index (χ4v) is 3.96. The molecule has 10 heteroatoms. The second-order valence-corrected chi connectivity index (χ2v) is 8.70. The van der Waals surface area contributed by atoms with Crippen LogP contribution in [0.1, 0.15) is 19.4 Å². The monoisotopic (exact) mass is 474 g/mol. The SMILES string of the molecule is C[C@@H]1C(OCc2ccccc2)COC([C@H](O)CO)[C@H]1C.OC[C@@H](O)C1OCC(O)[C@@H](O)[C@@H]1O. The van der Waals surface area contributed by atoms with Crippen LogP contribution in [0.3, 0.4) is 0 Å². The van der Waals surface area contributed by atoms with Gasteiger partial charge >= 0.3 is 0 Å². The highest BCUT2D eigenvalue weighted by Gasteiger charge is 2.41. The van der Waals surface area contributed by atoms with Crippen molar-refractivity contribution in [2.24, 2.45) is 11.8 Å². The third kappa shape index (κ3) is 7.66. The summed E-state index contributed by atoms with van der Waals surface area (Å²) >= 11 is 0. The minimum atomic E-state index is -1.38. The highest BCUT2D eigenvalue weighted by atomic mass is 16.6. The van der Waals surface area contributed by atoms with Crippen LogP contribution in [0.5, 0.6) is 0 Å². The van der Waals surface area contributed by atoms with Crippen molar-refractivity contribution in [1.82, 2.24) is 0 Å². The van der Waals surface area contributed by atoms with Gasteiger partial charge in [0.2, 0.25) is 0 Å². The van der Waals surface area contributed by atoms with Gasteiger partial charge in [-0.05, 0) is 17.4 Å². The molecule has 0 aliphatic carbocycles. The number of rotatable bonds is 7. The average molecular weight is 475 g/mol. The molecule has 2 saturated heterocycles. The van der Waals surface area contributed by atoms with E-state index in [2.05, 4.69) is 6.92 Å². The van der Waals surface area contributed by atoms with E-state index < -0.39 is 43.2 Å². The Balaban J connectivity index is 0.000000257. The van der Waals surface area contributed by atoms with Crippen LogP contribution >= 0.6 is 0 Å². The molecule has 4 unspecified atom stereocenters. The molecule has 0 radical (unpaired) electrons. The Morgan fingerprint density at radius 2 is 1.42 bits per heavy atom. The van der Waals surface area contributed by atoms with Gasteiger partial charge in [0.1, 0.15) is 36.6 Å². The van der Waals surface area contributed by atoms with Gasteiger partial charge in [0.25, 0.3) is 0 Å². The van der Waals surface area contributed by atoms with Crippen LogP contribution in [0, 0.1) is 11.8 Å². The number of hydrogen-bond donors (Lipinski definition) is 7. The lowest BCUT2D eigenvalue weighted by Gasteiger charge is -2.41. The average Bonchev–Trinajstić information content (AvgIpc) is 2.83. The van der Waals surface area contributed by atoms with E-state index in [4.69, 9.17) is 34.6 Å². The first-order chi connectivity index (χ1) is 15.7. The fourth-order valence-electron chi connectivity index (χ4n) is 3.96. The number of benzene rings is 1. The normalized spacial score (nSPS) is 36.4. The molecule has 2 aliphatic heterocycles. The van der Waals surface area contributed by atoms with Gasteiger partial charge in [-0.1, -0.05) is 44.2 Å². The summed E-state index contributed by atoms with van der Waals surface area (Å²) in [6.45, 7) is 4.17. The molecule has 33 heavy (non-hydrogen) atoms. The van der Waals surface area contributed by atoms with E-state index in [1.165, 1.54) is 0 Å². The lowest BCUT2D eigenvalue weighted by atomic mass is 9.82. The highest BCUT2D eigenvalue weighted by molar-refractivity contribution is 5.13. The van der Waals surface area contributed by atoms with Crippen molar-refractivity contribution in [2.75, 3.05) is 26.4 Å². The van der Waals surface area contributed by atoms with Crippen LogP contribution in [0.25, 0.3) is 0 Å². The van der Waals surface area contributed by atoms with Gasteiger partial charge in [0.05, 0.1) is 45.2 Å². The van der Waals surface area contributed by atoms with E-state index in [9.17, 15) is 15.3 Å². The maximum Gasteiger partial charge on any atom is 0.114 e. The lowest BCUT2D eigenvalue weighted by molar-refractivity contribution is -0.214. The maximum atomic E-state index is 9.75. The Morgan fingerprint density at radius 3 is 2.03 bits per heavy atom. The van der Waals surface area contributed by atoms with Crippen LogP contribution in [0.15, 0.2) is 30.3 Å². The minimum absolute atomic E-state index is 0.0207. The highest BCUT2D eigenvalue weighted by Crippen LogP contribution is 2.30. The van der Waals surface area contributed by atoms with E-state index in [1.807, 2.05) is 37.3 Å². The summed E-state index contributed by atoms with van der Waals surface area (Å²) in [5.74, 6) is 0.422. The molecule has 2 heterocycles. The van der Waals surface area contributed by atoms with Crippen LogP contribution in [-0.4, -0.2) is 111 Å². The molecule has 0 spiro atoms. The molecule has 10 atom stereocenters. The standard InChI is InChI=1S/C16H24O4.C7H14O6/c1-11-12(2)16(14(18)8-17)20-10-15(11)19-9-13-6-4-3-5-7-13;8-1-3(9)7-6(12)5(11)4(10)2-13-7/h3-7,11-12,14-18H,8-10H2,1-2H3;3-12H,1-2H2/t11-,12-,14+,15?,16?;3-,4?,5-,6+,7?/m01/s1. The molecule has 1 aromatic rings. The lowest BCUT2D eigenvalue weighted by Crippen LogP contribution is -2.57. The summed E-state index contributed by atoms with van der Waals surface area (Å²) in [6.07, 6.45) is -7.30. The molecular weight excluding hydrogens is 436 g/mol. The zero-order valence-corrected chi connectivity index (χ0v) is 19.1. The van der Waals surface area contributed by atoms with Crippen molar-refractivity contribution in [3.05, 3.63) is 35.9 Å². The summed E-state index contributed by atoms with van der Waals surface area (Å²) in [5, 5.41) is 64.0. The van der Waals surface area contributed by atoms with E-state index in [0.717, 1.165) is 5.56 Å². The fraction of sp³-hybridized carbons (Fsp3) is 0.739. The molecule has 2 aliphatic rings. The van der Waals surface area contributed by atoms with Gasteiger partial charge in [-0.2, -0.15) is 0 Å². The maximum absolute atomic E-state index is 9.75. The Morgan fingerprint density at radius 1 is 0.848 bits per heavy atom. The molecule has 1 aromatic carbocycles. The molecular formula is C23H38O10. The van der Waals surface area contributed by atoms with Crippen molar-refractivity contribution in [1.29, 1.82) is 0 Å². The van der Waals surface area contributed by atoms with E-state index in [-0.39, 0.29) is 37.3 Å². The minimum Gasteiger partial charge on any atom is -0.394 e. The van der Waals surface area contributed by atoms with Crippen molar-refractivity contribution in [2.45, 2.75) is 69.3 Å². The smallest absolute Gasteiger partial charge is 0.114 e. The third-order valence-corrected chi connectivity index (χ3v) is 6.37. The van der Waals surface area contributed by atoms with Gasteiger partial charge in [-0.15, -0.1) is 0 Å². The van der Waals surface area contributed by atoms with Gasteiger partial charge < -0.3 is 50.0 Å². The predicted octanol–water partition coefficient (Wildman–Crippen LogP) is -1.58. The summed E-state index contributed by atoms with van der Waals surface area (Å²) in [5.41, 5.74) is 1.14. The van der Waals surface area contributed by atoms with Gasteiger partial charge in [0.15, 0.2) is 0 Å². The zero-order chi connectivity index (χ0) is 24.5. The Labute approximate surface area is 194 Å². The number of aliphatic hydroxyl groups is 7. The molecule has 2 fully saturated rings. The van der Waals surface area contributed by atoms with Crippen molar-refractivity contribution < 1.29 is 50.0 Å². The second kappa shape index (κ2) is 13.6. The summed E-state index contributed by atoms with van der Waals surface area (Å²) in [4.78, 5) is 0. The molecule has 0 bridgehead atoms. The Hall–Kier alpha value is -1.18. The topological polar surface area (TPSA) is 169 Å². The molecule has 10 nitrogen and oxygen atoms in total.